The Kier molecular flexibility index (Phi) is 7.48. The van der Waals surface area contributed by atoms with Gasteiger partial charge >= 0.3 is 5.97 Å². The number of likely N-dealkylation sites (tertiary alicyclic amines) is 1. The van der Waals surface area contributed by atoms with Gasteiger partial charge in [-0.2, -0.15) is 4.31 Å². The van der Waals surface area contributed by atoms with E-state index in [1.165, 1.54) is 44.8 Å². The van der Waals surface area contributed by atoms with Crippen LogP contribution in [0.1, 0.15) is 55.8 Å². The highest BCUT2D eigenvalue weighted by Gasteiger charge is 2.30. The molecule has 1 aromatic carbocycles. The predicted molar refractivity (Wildman–Crippen MR) is 109 cm³/mol. The first kappa shape index (κ1) is 21.3. The fourth-order valence-corrected chi connectivity index (χ4v) is 5.68. The van der Waals surface area contributed by atoms with Crippen molar-refractivity contribution >= 4 is 16.0 Å². The van der Waals surface area contributed by atoms with Crippen LogP contribution in [0, 0.1) is 5.92 Å². The van der Waals surface area contributed by atoms with Gasteiger partial charge in [-0.1, -0.05) is 18.9 Å². The molecule has 0 aliphatic carbocycles. The highest BCUT2D eigenvalue weighted by Crippen LogP contribution is 2.26. The molecule has 0 atom stereocenters. The Labute approximate surface area is 168 Å². The molecule has 2 aliphatic heterocycles. The molecule has 7 heteroatoms. The summed E-state index contributed by atoms with van der Waals surface area (Å²) in [7, 11) is -3.58. The van der Waals surface area contributed by atoms with E-state index in [1.807, 2.05) is 0 Å². The summed E-state index contributed by atoms with van der Waals surface area (Å²) in [5.41, 5.74) is 0.277. The van der Waals surface area contributed by atoms with Crippen LogP contribution in [0.3, 0.4) is 0 Å². The van der Waals surface area contributed by atoms with Gasteiger partial charge in [-0.3, -0.25) is 0 Å². The molecule has 0 saturated carbocycles. The molecule has 156 valence electrons. The Bertz CT molecular complexity index is 749. The van der Waals surface area contributed by atoms with Crippen LogP contribution in [0.25, 0.3) is 0 Å². The van der Waals surface area contributed by atoms with E-state index in [9.17, 15) is 13.2 Å². The normalized spacial score (nSPS) is 20.6. The van der Waals surface area contributed by atoms with Crippen molar-refractivity contribution in [2.24, 2.45) is 5.92 Å². The van der Waals surface area contributed by atoms with E-state index < -0.39 is 16.0 Å². The fourth-order valence-electron chi connectivity index (χ4n) is 4.16. The van der Waals surface area contributed by atoms with Crippen molar-refractivity contribution in [3.8, 4) is 0 Å². The average Bonchev–Trinajstić information content (AvgIpc) is 2.97. The molecule has 0 N–H and O–H groups in total. The quantitative estimate of drug-likeness (QED) is 0.677. The Morgan fingerprint density at radius 2 is 1.75 bits per heavy atom. The minimum atomic E-state index is -3.58. The van der Waals surface area contributed by atoms with Gasteiger partial charge in [0.1, 0.15) is 0 Å². The van der Waals surface area contributed by atoms with Gasteiger partial charge in [-0.25, -0.2) is 13.2 Å². The van der Waals surface area contributed by atoms with E-state index in [2.05, 4.69) is 4.90 Å². The highest BCUT2D eigenvalue weighted by atomic mass is 32.2. The molecule has 28 heavy (non-hydrogen) atoms. The van der Waals surface area contributed by atoms with Crippen LogP contribution in [0.5, 0.6) is 0 Å². The topological polar surface area (TPSA) is 66.9 Å². The van der Waals surface area contributed by atoms with Crippen LogP contribution in [0.2, 0.25) is 0 Å². The van der Waals surface area contributed by atoms with Gasteiger partial charge < -0.3 is 9.64 Å². The van der Waals surface area contributed by atoms with E-state index in [1.54, 1.807) is 29.4 Å². The molecule has 0 bridgehead atoms. The number of hydrogen-bond acceptors (Lipinski definition) is 5. The SMILES string of the molecule is CCOC(=O)c1cccc(S(=O)(=O)N2CCC(CN3CCCCCC3)CC2)c1. The Hall–Kier alpha value is -1.44. The molecule has 2 heterocycles. The van der Waals surface area contributed by atoms with Gasteiger partial charge in [0, 0.05) is 19.6 Å². The van der Waals surface area contributed by atoms with E-state index in [-0.39, 0.29) is 17.1 Å². The van der Waals surface area contributed by atoms with Gasteiger partial charge in [0.05, 0.1) is 17.1 Å². The van der Waals surface area contributed by atoms with E-state index in [4.69, 9.17) is 4.74 Å². The number of ether oxygens (including phenoxy) is 1. The van der Waals surface area contributed by atoms with Crippen LogP contribution in [0.15, 0.2) is 29.2 Å². The summed E-state index contributed by atoms with van der Waals surface area (Å²) >= 11 is 0. The summed E-state index contributed by atoms with van der Waals surface area (Å²) in [6.45, 7) is 6.54. The molecular formula is C21H32N2O4S. The Morgan fingerprint density at radius 1 is 1.07 bits per heavy atom. The number of rotatable bonds is 6. The van der Waals surface area contributed by atoms with Crippen molar-refractivity contribution in [2.45, 2.75) is 50.3 Å². The smallest absolute Gasteiger partial charge is 0.338 e. The van der Waals surface area contributed by atoms with Gasteiger partial charge in [0.2, 0.25) is 10.0 Å². The Balaban J connectivity index is 1.60. The molecule has 6 nitrogen and oxygen atoms in total. The molecule has 2 saturated heterocycles. The maximum Gasteiger partial charge on any atom is 0.338 e. The standard InChI is InChI=1S/C21H32N2O4S/c1-2-27-21(24)19-8-7-9-20(16-19)28(25,26)23-14-10-18(11-15-23)17-22-12-5-3-4-6-13-22/h7-9,16,18H,2-6,10-15,17H2,1H3. The second-order valence-electron chi connectivity index (χ2n) is 7.81. The van der Waals surface area contributed by atoms with E-state index in [0.717, 1.165) is 19.4 Å². The lowest BCUT2D eigenvalue weighted by atomic mass is 9.97. The third-order valence-corrected chi connectivity index (χ3v) is 7.67. The minimum absolute atomic E-state index is 0.170. The largest absolute Gasteiger partial charge is 0.462 e. The summed E-state index contributed by atoms with van der Waals surface area (Å²) in [5, 5.41) is 0. The molecule has 1 aromatic rings. The first-order chi connectivity index (χ1) is 13.5. The molecule has 0 unspecified atom stereocenters. The summed E-state index contributed by atoms with van der Waals surface area (Å²) in [6, 6.07) is 6.17. The lowest BCUT2D eigenvalue weighted by Crippen LogP contribution is -2.41. The molecule has 0 radical (unpaired) electrons. The highest BCUT2D eigenvalue weighted by molar-refractivity contribution is 7.89. The van der Waals surface area contributed by atoms with Crippen LogP contribution in [-0.4, -0.2) is 62.9 Å². The number of sulfonamides is 1. The lowest BCUT2D eigenvalue weighted by Gasteiger charge is -2.34. The van der Waals surface area contributed by atoms with Crippen LogP contribution >= 0.6 is 0 Å². The average molecular weight is 409 g/mol. The number of carbonyl (C=O) groups excluding carboxylic acids is 1. The lowest BCUT2D eigenvalue weighted by molar-refractivity contribution is 0.0526. The zero-order chi connectivity index (χ0) is 20.0. The monoisotopic (exact) mass is 408 g/mol. The van der Waals surface area contributed by atoms with Crippen molar-refractivity contribution in [1.82, 2.24) is 9.21 Å². The number of hydrogen-bond donors (Lipinski definition) is 0. The van der Waals surface area contributed by atoms with E-state index in [0.29, 0.717) is 19.0 Å². The molecule has 2 aliphatic rings. The molecule has 3 rings (SSSR count). The Morgan fingerprint density at radius 3 is 2.39 bits per heavy atom. The van der Waals surface area contributed by atoms with Crippen LogP contribution in [-0.2, 0) is 14.8 Å². The maximum absolute atomic E-state index is 13.0. The van der Waals surface area contributed by atoms with Crippen LogP contribution in [0.4, 0.5) is 0 Å². The summed E-state index contributed by atoms with van der Waals surface area (Å²) in [5.74, 6) is 0.0751. The summed E-state index contributed by atoms with van der Waals surface area (Å²) in [4.78, 5) is 14.7. The summed E-state index contributed by atoms with van der Waals surface area (Å²) < 4.78 is 32.6. The van der Waals surface area contributed by atoms with Crippen molar-refractivity contribution in [2.75, 3.05) is 39.3 Å². The zero-order valence-corrected chi connectivity index (χ0v) is 17.6. The molecular weight excluding hydrogens is 376 g/mol. The van der Waals surface area contributed by atoms with Gasteiger partial charge in [0.25, 0.3) is 0 Å². The number of nitrogens with zero attached hydrogens (tertiary/aromatic N) is 2. The van der Waals surface area contributed by atoms with Crippen molar-refractivity contribution in [1.29, 1.82) is 0 Å². The first-order valence-corrected chi connectivity index (χ1v) is 11.9. The third kappa shape index (κ3) is 5.33. The minimum Gasteiger partial charge on any atom is -0.462 e. The van der Waals surface area contributed by atoms with Crippen molar-refractivity contribution in [3.63, 3.8) is 0 Å². The fraction of sp³-hybridized carbons (Fsp3) is 0.667. The molecule has 2 fully saturated rings. The number of carbonyl (C=O) groups is 1. The summed E-state index contributed by atoms with van der Waals surface area (Å²) in [6.07, 6.45) is 7.02. The zero-order valence-electron chi connectivity index (χ0n) is 16.8. The van der Waals surface area contributed by atoms with Crippen LogP contribution < -0.4 is 0 Å². The second kappa shape index (κ2) is 9.85. The molecule has 0 aromatic heterocycles. The van der Waals surface area contributed by atoms with Gasteiger partial charge in [0.15, 0.2) is 0 Å². The number of piperidine rings is 1. The van der Waals surface area contributed by atoms with Gasteiger partial charge in [-0.05, 0) is 69.8 Å². The van der Waals surface area contributed by atoms with Crippen molar-refractivity contribution < 1.29 is 17.9 Å². The molecule has 0 amide bonds. The third-order valence-electron chi connectivity index (χ3n) is 5.77. The number of esters is 1. The molecule has 0 spiro atoms. The maximum atomic E-state index is 13.0. The van der Waals surface area contributed by atoms with E-state index >= 15 is 0 Å². The predicted octanol–water partition coefficient (Wildman–Crippen LogP) is 3.14. The van der Waals surface area contributed by atoms with Gasteiger partial charge in [-0.15, -0.1) is 0 Å². The second-order valence-corrected chi connectivity index (χ2v) is 9.75. The van der Waals surface area contributed by atoms with Crippen molar-refractivity contribution in [3.05, 3.63) is 29.8 Å². The number of benzene rings is 1. The first-order valence-electron chi connectivity index (χ1n) is 10.5.